The number of nitrogens with zero attached hydrogens (tertiary/aromatic N) is 1. The first-order chi connectivity index (χ1) is 7.65. The maximum absolute atomic E-state index is 10.4. The van der Waals surface area contributed by atoms with Crippen molar-refractivity contribution in [2.45, 2.75) is 6.42 Å². The first kappa shape index (κ1) is 10.2. The fourth-order valence-electron chi connectivity index (χ4n) is 1.31. The lowest BCUT2D eigenvalue weighted by Crippen LogP contribution is -1.99. The number of oxazole rings is 1. The third kappa shape index (κ3) is 2.20. The van der Waals surface area contributed by atoms with Crippen LogP contribution in [0.5, 0.6) is 5.75 Å². The van der Waals surface area contributed by atoms with Crippen LogP contribution in [-0.2, 0) is 11.2 Å². The Labute approximate surface area is 91.0 Å². The average molecular weight is 219 g/mol. The first-order valence-electron chi connectivity index (χ1n) is 4.61. The van der Waals surface area contributed by atoms with Gasteiger partial charge in [-0.1, -0.05) is 12.1 Å². The predicted molar refractivity (Wildman–Crippen MR) is 54.9 cm³/mol. The van der Waals surface area contributed by atoms with Crippen molar-refractivity contribution in [1.82, 2.24) is 4.98 Å². The summed E-state index contributed by atoms with van der Waals surface area (Å²) in [6.07, 6.45) is 1.19. The van der Waals surface area contributed by atoms with Crippen molar-refractivity contribution in [3.63, 3.8) is 0 Å². The van der Waals surface area contributed by atoms with Gasteiger partial charge in [0.2, 0.25) is 5.89 Å². The number of hydrogen-bond acceptors (Lipinski definition) is 4. The van der Waals surface area contributed by atoms with Crippen molar-refractivity contribution in [1.29, 1.82) is 0 Å². The van der Waals surface area contributed by atoms with Gasteiger partial charge in [0.15, 0.2) is 5.76 Å². The molecule has 16 heavy (non-hydrogen) atoms. The molecule has 0 atom stereocenters. The third-order valence-corrected chi connectivity index (χ3v) is 1.99. The molecule has 0 saturated carbocycles. The number of carboxylic acid groups (broad SMARTS) is 1. The standard InChI is InChI=1S/C11H9NO4/c13-8-3-1-2-7(4-8)9-6-12-10(16-9)5-11(14)15/h1-4,6,13H,5H2,(H,14,15). The molecule has 1 aromatic carbocycles. The van der Waals surface area contributed by atoms with Crippen molar-refractivity contribution in [3.8, 4) is 17.1 Å². The molecule has 0 spiro atoms. The Morgan fingerprint density at radius 1 is 1.44 bits per heavy atom. The minimum absolute atomic E-state index is 0.119. The van der Waals surface area contributed by atoms with Gasteiger partial charge in [0.25, 0.3) is 0 Å². The summed E-state index contributed by atoms with van der Waals surface area (Å²) in [6, 6.07) is 6.47. The van der Waals surface area contributed by atoms with Crippen LogP contribution in [0.25, 0.3) is 11.3 Å². The summed E-state index contributed by atoms with van der Waals surface area (Å²) in [6.45, 7) is 0. The van der Waals surface area contributed by atoms with Crippen LogP contribution in [0.2, 0.25) is 0 Å². The van der Waals surface area contributed by atoms with Crippen LogP contribution in [0.3, 0.4) is 0 Å². The number of carboxylic acids is 1. The van der Waals surface area contributed by atoms with Crippen molar-refractivity contribution < 1.29 is 19.4 Å². The van der Waals surface area contributed by atoms with Gasteiger partial charge in [-0.15, -0.1) is 0 Å². The molecule has 2 rings (SSSR count). The molecule has 0 fully saturated rings. The SMILES string of the molecule is O=C(O)Cc1ncc(-c2cccc(O)c2)o1. The number of carbonyl (C=O) groups is 1. The first-order valence-corrected chi connectivity index (χ1v) is 4.61. The van der Waals surface area contributed by atoms with Gasteiger partial charge in [0, 0.05) is 5.56 Å². The second-order valence-corrected chi connectivity index (χ2v) is 3.24. The second-order valence-electron chi connectivity index (χ2n) is 3.24. The molecule has 1 heterocycles. The molecule has 0 bridgehead atoms. The zero-order valence-electron chi connectivity index (χ0n) is 8.25. The van der Waals surface area contributed by atoms with Gasteiger partial charge in [-0.3, -0.25) is 4.79 Å². The van der Waals surface area contributed by atoms with Crippen LogP contribution >= 0.6 is 0 Å². The molecule has 2 N–H and O–H groups in total. The number of phenols is 1. The van der Waals surface area contributed by atoms with Crippen molar-refractivity contribution in [2.75, 3.05) is 0 Å². The summed E-state index contributed by atoms with van der Waals surface area (Å²) in [5.41, 5.74) is 0.657. The highest BCUT2D eigenvalue weighted by Crippen LogP contribution is 2.23. The van der Waals surface area contributed by atoms with Crippen LogP contribution in [0.15, 0.2) is 34.9 Å². The quantitative estimate of drug-likeness (QED) is 0.820. The van der Waals surface area contributed by atoms with Crippen LogP contribution in [0.1, 0.15) is 5.89 Å². The van der Waals surface area contributed by atoms with Gasteiger partial charge in [-0.05, 0) is 12.1 Å². The largest absolute Gasteiger partial charge is 0.508 e. The van der Waals surface area contributed by atoms with Gasteiger partial charge in [-0.25, -0.2) is 4.98 Å². The van der Waals surface area contributed by atoms with E-state index in [4.69, 9.17) is 9.52 Å². The number of aromatic hydroxyl groups is 1. The highest BCUT2D eigenvalue weighted by molar-refractivity contribution is 5.69. The van der Waals surface area contributed by atoms with Crippen LogP contribution in [0.4, 0.5) is 0 Å². The molecule has 5 nitrogen and oxygen atoms in total. The fourth-order valence-corrected chi connectivity index (χ4v) is 1.31. The van der Waals surface area contributed by atoms with Crippen LogP contribution in [-0.4, -0.2) is 21.2 Å². The van der Waals surface area contributed by atoms with Crippen molar-refractivity contribution in [2.24, 2.45) is 0 Å². The molecule has 0 amide bonds. The number of aromatic nitrogens is 1. The molecule has 0 aliphatic heterocycles. The molecular formula is C11H9NO4. The lowest BCUT2D eigenvalue weighted by atomic mass is 10.2. The highest BCUT2D eigenvalue weighted by Gasteiger charge is 2.09. The molecule has 0 unspecified atom stereocenters. The number of benzene rings is 1. The van der Waals surface area contributed by atoms with E-state index in [1.165, 1.54) is 18.3 Å². The molecule has 0 saturated heterocycles. The van der Waals surface area contributed by atoms with Crippen molar-refractivity contribution >= 4 is 5.97 Å². The Balaban J connectivity index is 2.28. The van der Waals surface area contributed by atoms with E-state index >= 15 is 0 Å². The smallest absolute Gasteiger partial charge is 0.312 e. The lowest BCUT2D eigenvalue weighted by Gasteiger charge is -1.96. The summed E-state index contributed by atoms with van der Waals surface area (Å²) in [4.78, 5) is 14.3. The van der Waals surface area contributed by atoms with Gasteiger partial charge >= 0.3 is 5.97 Å². The third-order valence-electron chi connectivity index (χ3n) is 1.99. The van der Waals surface area contributed by atoms with Gasteiger partial charge in [0.1, 0.15) is 12.2 Å². The maximum Gasteiger partial charge on any atom is 0.312 e. The normalized spacial score (nSPS) is 10.2. The van der Waals surface area contributed by atoms with E-state index in [-0.39, 0.29) is 18.1 Å². The zero-order valence-corrected chi connectivity index (χ0v) is 8.25. The van der Waals surface area contributed by atoms with E-state index < -0.39 is 5.97 Å². The Hall–Kier alpha value is -2.30. The molecule has 0 aliphatic carbocycles. The molecule has 0 aliphatic rings. The molecule has 82 valence electrons. The molecule has 0 radical (unpaired) electrons. The molecule has 1 aromatic heterocycles. The Kier molecular flexibility index (Phi) is 2.59. The number of aliphatic carboxylic acids is 1. The van der Waals surface area contributed by atoms with E-state index in [1.54, 1.807) is 12.1 Å². The zero-order chi connectivity index (χ0) is 11.5. The second kappa shape index (κ2) is 4.06. The molecule has 5 heteroatoms. The Morgan fingerprint density at radius 3 is 2.94 bits per heavy atom. The van der Waals surface area contributed by atoms with Gasteiger partial charge in [0.05, 0.1) is 6.20 Å². The lowest BCUT2D eigenvalue weighted by molar-refractivity contribution is -0.136. The summed E-state index contributed by atoms with van der Waals surface area (Å²) >= 11 is 0. The number of rotatable bonds is 3. The van der Waals surface area contributed by atoms with E-state index in [9.17, 15) is 9.90 Å². The Bertz CT molecular complexity index is 518. The van der Waals surface area contributed by atoms with E-state index in [0.29, 0.717) is 11.3 Å². The van der Waals surface area contributed by atoms with Crippen LogP contribution < -0.4 is 0 Å². The average Bonchev–Trinajstić information content (AvgIpc) is 2.65. The number of phenolic OH excluding ortho intramolecular Hbond substituents is 1. The predicted octanol–water partition coefficient (Wildman–Crippen LogP) is 1.67. The summed E-state index contributed by atoms with van der Waals surface area (Å²) in [5.74, 6) is -0.295. The molecule has 2 aromatic rings. The summed E-state index contributed by atoms with van der Waals surface area (Å²) in [5, 5.41) is 17.8. The maximum atomic E-state index is 10.4. The van der Waals surface area contributed by atoms with Crippen LogP contribution in [0, 0.1) is 0 Å². The topological polar surface area (TPSA) is 83.6 Å². The van der Waals surface area contributed by atoms with E-state index in [1.807, 2.05) is 0 Å². The number of hydrogen-bond donors (Lipinski definition) is 2. The summed E-state index contributed by atoms with van der Waals surface area (Å²) in [7, 11) is 0. The van der Waals surface area contributed by atoms with E-state index in [0.717, 1.165) is 0 Å². The van der Waals surface area contributed by atoms with Gasteiger partial charge in [-0.2, -0.15) is 0 Å². The minimum atomic E-state index is -0.996. The fraction of sp³-hybridized carbons (Fsp3) is 0.0909. The molecular weight excluding hydrogens is 210 g/mol. The summed E-state index contributed by atoms with van der Waals surface area (Å²) < 4.78 is 5.23. The minimum Gasteiger partial charge on any atom is -0.508 e. The highest BCUT2D eigenvalue weighted by atomic mass is 16.4. The Morgan fingerprint density at radius 2 is 2.25 bits per heavy atom. The van der Waals surface area contributed by atoms with Gasteiger partial charge < -0.3 is 14.6 Å². The van der Waals surface area contributed by atoms with Crippen molar-refractivity contribution in [3.05, 3.63) is 36.4 Å². The monoisotopic (exact) mass is 219 g/mol. The van der Waals surface area contributed by atoms with E-state index in [2.05, 4.69) is 4.98 Å².